The highest BCUT2D eigenvalue weighted by molar-refractivity contribution is 7.98. The smallest absolute Gasteiger partial charge is 0.336 e. The number of aromatic nitrogens is 3. The molecule has 0 spiro atoms. The Morgan fingerprint density at radius 3 is 2.79 bits per heavy atom. The SMILES string of the molecule is Cc1ccc2c(CSc3nnc(CCC(N)=O)n3CC(C)C)cc(=O)oc2c1. The van der Waals surface area contributed by atoms with E-state index in [1.54, 1.807) is 0 Å². The van der Waals surface area contributed by atoms with E-state index >= 15 is 0 Å². The molecule has 0 aliphatic carbocycles. The molecular weight excluding hydrogens is 376 g/mol. The van der Waals surface area contributed by atoms with Crippen LogP contribution < -0.4 is 11.4 Å². The van der Waals surface area contributed by atoms with Gasteiger partial charge < -0.3 is 14.7 Å². The van der Waals surface area contributed by atoms with Crippen LogP contribution in [0.2, 0.25) is 0 Å². The number of nitrogens with two attached hydrogens (primary N) is 1. The van der Waals surface area contributed by atoms with E-state index in [2.05, 4.69) is 24.0 Å². The van der Waals surface area contributed by atoms with Crippen LogP contribution in [0.1, 0.15) is 37.2 Å². The third-order valence-electron chi connectivity index (χ3n) is 4.28. The molecule has 7 nitrogen and oxygen atoms in total. The number of rotatable bonds is 8. The van der Waals surface area contributed by atoms with Gasteiger partial charge in [-0.1, -0.05) is 37.7 Å². The lowest BCUT2D eigenvalue weighted by Crippen LogP contribution is -2.15. The molecule has 0 saturated carbocycles. The monoisotopic (exact) mass is 400 g/mol. The Hall–Kier alpha value is -2.61. The van der Waals surface area contributed by atoms with Crippen LogP contribution in [0.15, 0.2) is 38.6 Å². The average molecular weight is 401 g/mol. The molecule has 1 aromatic carbocycles. The van der Waals surface area contributed by atoms with Gasteiger partial charge in [0.2, 0.25) is 5.91 Å². The molecule has 148 valence electrons. The maximum absolute atomic E-state index is 11.9. The number of nitrogens with zero attached hydrogens (tertiary/aromatic N) is 3. The van der Waals surface area contributed by atoms with E-state index in [1.165, 1.54) is 17.8 Å². The fourth-order valence-electron chi connectivity index (χ4n) is 2.99. The number of carbonyl (C=O) groups is 1. The molecular formula is C20H24N4O3S. The van der Waals surface area contributed by atoms with Gasteiger partial charge in [-0.15, -0.1) is 10.2 Å². The Labute approximate surface area is 167 Å². The van der Waals surface area contributed by atoms with Gasteiger partial charge in [-0.25, -0.2) is 4.79 Å². The van der Waals surface area contributed by atoms with Crippen molar-refractivity contribution in [2.75, 3.05) is 0 Å². The summed E-state index contributed by atoms with van der Waals surface area (Å²) in [7, 11) is 0. The Bertz CT molecular complexity index is 1060. The molecule has 1 amide bonds. The quantitative estimate of drug-likeness (QED) is 0.460. The maximum Gasteiger partial charge on any atom is 0.336 e. The average Bonchev–Trinajstić information content (AvgIpc) is 2.98. The highest BCUT2D eigenvalue weighted by Gasteiger charge is 2.16. The van der Waals surface area contributed by atoms with Gasteiger partial charge in [0.05, 0.1) is 0 Å². The van der Waals surface area contributed by atoms with E-state index in [4.69, 9.17) is 10.2 Å². The molecule has 3 aromatic rings. The summed E-state index contributed by atoms with van der Waals surface area (Å²) in [6, 6.07) is 7.37. The first kappa shape index (κ1) is 20.1. The zero-order chi connectivity index (χ0) is 20.3. The molecule has 0 fully saturated rings. The maximum atomic E-state index is 11.9. The Morgan fingerprint density at radius 1 is 1.29 bits per heavy atom. The first-order valence-electron chi connectivity index (χ1n) is 9.20. The fourth-order valence-corrected chi connectivity index (χ4v) is 3.95. The second-order valence-electron chi connectivity index (χ2n) is 7.25. The van der Waals surface area contributed by atoms with Crippen LogP contribution in [0.5, 0.6) is 0 Å². The van der Waals surface area contributed by atoms with Crippen LogP contribution in [0.25, 0.3) is 11.0 Å². The predicted molar refractivity (Wildman–Crippen MR) is 109 cm³/mol. The molecule has 3 rings (SSSR count). The topological polar surface area (TPSA) is 104 Å². The van der Waals surface area contributed by atoms with Gasteiger partial charge in [0.25, 0.3) is 0 Å². The Morgan fingerprint density at radius 2 is 2.07 bits per heavy atom. The zero-order valence-corrected chi connectivity index (χ0v) is 17.1. The third kappa shape index (κ3) is 4.81. The Balaban J connectivity index is 1.87. The van der Waals surface area contributed by atoms with Crippen LogP contribution in [0.3, 0.4) is 0 Å². The van der Waals surface area contributed by atoms with Gasteiger partial charge in [0.1, 0.15) is 11.4 Å². The second kappa shape index (κ2) is 8.60. The minimum atomic E-state index is -0.362. The lowest BCUT2D eigenvalue weighted by Gasteiger charge is -2.12. The van der Waals surface area contributed by atoms with Crippen molar-refractivity contribution in [3.05, 3.63) is 51.6 Å². The van der Waals surface area contributed by atoms with Crippen molar-refractivity contribution in [1.82, 2.24) is 14.8 Å². The summed E-state index contributed by atoms with van der Waals surface area (Å²) in [5.41, 5.74) is 7.44. The van der Waals surface area contributed by atoms with Crippen molar-refractivity contribution >= 4 is 28.6 Å². The molecule has 2 N–H and O–H groups in total. The van der Waals surface area contributed by atoms with E-state index in [-0.39, 0.29) is 18.0 Å². The summed E-state index contributed by atoms with van der Waals surface area (Å²) in [6.45, 7) is 6.94. The van der Waals surface area contributed by atoms with Gasteiger partial charge in [0.15, 0.2) is 5.16 Å². The van der Waals surface area contributed by atoms with Crippen LogP contribution >= 0.6 is 11.8 Å². The van der Waals surface area contributed by atoms with Crippen molar-refractivity contribution in [3.63, 3.8) is 0 Å². The normalized spacial score (nSPS) is 11.4. The summed E-state index contributed by atoms with van der Waals surface area (Å²) < 4.78 is 7.37. The van der Waals surface area contributed by atoms with Crippen molar-refractivity contribution in [2.24, 2.45) is 11.7 Å². The van der Waals surface area contributed by atoms with E-state index in [0.717, 1.165) is 34.0 Å². The number of amides is 1. The first-order chi connectivity index (χ1) is 13.3. The third-order valence-corrected chi connectivity index (χ3v) is 5.29. The number of primary amides is 1. The number of fused-ring (bicyclic) bond motifs is 1. The van der Waals surface area contributed by atoms with E-state index < -0.39 is 0 Å². The summed E-state index contributed by atoms with van der Waals surface area (Å²) >= 11 is 1.52. The van der Waals surface area contributed by atoms with Crippen LogP contribution in [-0.2, 0) is 23.5 Å². The van der Waals surface area contributed by atoms with Gasteiger partial charge in [0, 0.05) is 36.6 Å². The second-order valence-corrected chi connectivity index (χ2v) is 8.19. The van der Waals surface area contributed by atoms with Crippen molar-refractivity contribution in [1.29, 1.82) is 0 Å². The minimum Gasteiger partial charge on any atom is -0.423 e. The highest BCUT2D eigenvalue weighted by Crippen LogP contribution is 2.27. The molecule has 0 bridgehead atoms. The predicted octanol–water partition coefficient (Wildman–Crippen LogP) is 3.06. The first-order valence-corrected chi connectivity index (χ1v) is 10.2. The van der Waals surface area contributed by atoms with Gasteiger partial charge in [-0.2, -0.15) is 0 Å². The molecule has 0 atom stereocenters. The van der Waals surface area contributed by atoms with Crippen LogP contribution in [0, 0.1) is 12.8 Å². The van der Waals surface area contributed by atoms with Gasteiger partial charge in [-0.3, -0.25) is 4.79 Å². The molecule has 0 aliphatic rings. The van der Waals surface area contributed by atoms with Crippen molar-refractivity contribution < 1.29 is 9.21 Å². The number of carbonyl (C=O) groups excluding carboxylic acids is 1. The molecule has 0 radical (unpaired) electrons. The molecule has 2 heterocycles. The summed E-state index contributed by atoms with van der Waals surface area (Å²) in [5.74, 6) is 1.36. The van der Waals surface area contributed by atoms with E-state index in [9.17, 15) is 9.59 Å². The molecule has 0 unspecified atom stereocenters. The van der Waals surface area contributed by atoms with E-state index in [0.29, 0.717) is 23.7 Å². The molecule has 28 heavy (non-hydrogen) atoms. The number of hydrogen-bond acceptors (Lipinski definition) is 6. The Kier molecular flexibility index (Phi) is 6.18. The number of benzene rings is 1. The largest absolute Gasteiger partial charge is 0.423 e. The van der Waals surface area contributed by atoms with Crippen molar-refractivity contribution in [3.8, 4) is 0 Å². The molecule has 8 heteroatoms. The summed E-state index contributed by atoms with van der Waals surface area (Å²) in [5, 5.41) is 10.2. The fraction of sp³-hybridized carbons (Fsp3) is 0.400. The molecule has 2 aromatic heterocycles. The molecule has 0 saturated heterocycles. The van der Waals surface area contributed by atoms with Crippen LogP contribution in [-0.4, -0.2) is 20.7 Å². The summed E-state index contributed by atoms with van der Waals surface area (Å²) in [6.07, 6.45) is 0.706. The minimum absolute atomic E-state index is 0.241. The van der Waals surface area contributed by atoms with Gasteiger partial charge >= 0.3 is 5.63 Å². The van der Waals surface area contributed by atoms with Crippen molar-refractivity contribution in [2.45, 2.75) is 51.1 Å². The van der Waals surface area contributed by atoms with Gasteiger partial charge in [-0.05, 0) is 30.0 Å². The number of hydrogen-bond donors (Lipinski definition) is 1. The number of thioether (sulfide) groups is 1. The molecule has 0 aliphatic heterocycles. The van der Waals surface area contributed by atoms with Crippen LogP contribution in [0.4, 0.5) is 0 Å². The lowest BCUT2D eigenvalue weighted by molar-refractivity contribution is -0.118. The van der Waals surface area contributed by atoms with E-state index in [1.807, 2.05) is 29.7 Å². The summed E-state index contributed by atoms with van der Waals surface area (Å²) in [4.78, 5) is 23.1. The lowest BCUT2D eigenvalue weighted by atomic mass is 10.1. The number of aryl methyl sites for hydroxylation is 2. The highest BCUT2D eigenvalue weighted by atomic mass is 32.2. The standard InChI is InChI=1S/C20H24N4O3S/c1-12(2)10-24-18(7-6-17(21)25)22-23-20(24)28-11-14-9-19(26)27-16-8-13(3)4-5-15(14)16/h4-5,8-9,12H,6-7,10-11H2,1-3H3,(H2,21,25). The zero-order valence-electron chi connectivity index (χ0n) is 16.3.